The van der Waals surface area contributed by atoms with Gasteiger partial charge in [0, 0.05) is 49.8 Å². The van der Waals surface area contributed by atoms with E-state index in [1.165, 1.54) is 0 Å². The van der Waals surface area contributed by atoms with Crippen molar-refractivity contribution in [1.29, 1.82) is 0 Å². The minimum Gasteiger partial charge on any atom is -0.341 e. The summed E-state index contributed by atoms with van der Waals surface area (Å²) >= 11 is 0. The number of hydrogen-bond acceptors (Lipinski definition) is 6. The number of carbonyl (C=O) groups excluding carboxylic acids is 2. The Kier molecular flexibility index (Phi) is 7.56. The smallest absolute Gasteiger partial charge is 0.236 e. The topological polar surface area (TPSA) is 74.6 Å². The molecule has 1 aliphatic heterocycles. The molecule has 1 amide bonds. The first kappa shape index (κ1) is 23.1. The number of nitrogens with zero attached hydrogens (tertiary/aromatic N) is 6. The van der Waals surface area contributed by atoms with E-state index in [2.05, 4.69) is 40.8 Å². The first-order valence-corrected chi connectivity index (χ1v) is 11.0. The third kappa shape index (κ3) is 5.77. The van der Waals surface area contributed by atoms with Crippen LogP contribution in [0.15, 0.2) is 24.3 Å². The standard InChI is InChI=1S/C23H34N6O2/c1-6-28(14-13-26(5)17(2)3)22(31)15-27-12-11-21-24-23(25-29(21)16-27)20-9-7-19(8-10-20)18(4)30/h7-10,17H,6,11-16H2,1-5H3. The van der Waals surface area contributed by atoms with Crippen molar-refractivity contribution in [2.75, 3.05) is 39.8 Å². The Morgan fingerprint density at radius 2 is 1.87 bits per heavy atom. The fourth-order valence-corrected chi connectivity index (χ4v) is 3.58. The van der Waals surface area contributed by atoms with Crippen molar-refractivity contribution in [3.8, 4) is 11.4 Å². The largest absolute Gasteiger partial charge is 0.341 e. The Morgan fingerprint density at radius 3 is 2.48 bits per heavy atom. The molecule has 8 heteroatoms. The van der Waals surface area contributed by atoms with Gasteiger partial charge in [0.15, 0.2) is 11.6 Å². The van der Waals surface area contributed by atoms with Gasteiger partial charge in [-0.2, -0.15) is 0 Å². The van der Waals surface area contributed by atoms with Crippen molar-refractivity contribution >= 4 is 11.7 Å². The van der Waals surface area contributed by atoms with E-state index in [9.17, 15) is 9.59 Å². The van der Waals surface area contributed by atoms with Crippen molar-refractivity contribution < 1.29 is 9.59 Å². The van der Waals surface area contributed by atoms with Crippen LogP contribution in [0.25, 0.3) is 11.4 Å². The predicted octanol–water partition coefficient (Wildman–Crippen LogP) is 2.15. The molecule has 0 N–H and O–H groups in total. The maximum absolute atomic E-state index is 12.8. The first-order valence-electron chi connectivity index (χ1n) is 11.0. The van der Waals surface area contributed by atoms with Crippen molar-refractivity contribution in [3.05, 3.63) is 35.7 Å². The zero-order chi connectivity index (χ0) is 22.5. The van der Waals surface area contributed by atoms with E-state index >= 15 is 0 Å². The number of carbonyl (C=O) groups is 2. The number of Topliss-reactive ketones (excluding diaryl/α,β-unsaturated/α-hetero) is 1. The van der Waals surface area contributed by atoms with E-state index in [-0.39, 0.29) is 11.7 Å². The van der Waals surface area contributed by atoms with Gasteiger partial charge in [0.2, 0.25) is 5.91 Å². The molecule has 0 bridgehead atoms. The Morgan fingerprint density at radius 1 is 1.16 bits per heavy atom. The van der Waals surface area contributed by atoms with Crippen molar-refractivity contribution in [1.82, 2.24) is 29.5 Å². The molecule has 2 heterocycles. The minimum atomic E-state index is 0.0425. The third-order valence-electron chi connectivity index (χ3n) is 5.98. The average molecular weight is 427 g/mol. The second-order valence-corrected chi connectivity index (χ2v) is 8.48. The maximum Gasteiger partial charge on any atom is 0.236 e. The van der Waals surface area contributed by atoms with E-state index in [4.69, 9.17) is 0 Å². The minimum absolute atomic E-state index is 0.0425. The molecule has 31 heavy (non-hydrogen) atoms. The molecule has 2 aromatic rings. The number of rotatable bonds is 9. The van der Waals surface area contributed by atoms with Crippen LogP contribution in [0.1, 0.15) is 43.9 Å². The number of likely N-dealkylation sites (N-methyl/N-ethyl adjacent to an activating group) is 2. The van der Waals surface area contributed by atoms with E-state index in [1.54, 1.807) is 19.1 Å². The van der Waals surface area contributed by atoms with Crippen LogP contribution >= 0.6 is 0 Å². The Bertz CT molecular complexity index is 905. The van der Waals surface area contributed by atoms with Gasteiger partial charge in [0.25, 0.3) is 0 Å². The van der Waals surface area contributed by atoms with Gasteiger partial charge >= 0.3 is 0 Å². The summed E-state index contributed by atoms with van der Waals surface area (Å²) in [5, 5.41) is 4.64. The molecule has 0 saturated heterocycles. The van der Waals surface area contributed by atoms with Crippen LogP contribution in [0.5, 0.6) is 0 Å². The second-order valence-electron chi connectivity index (χ2n) is 8.48. The van der Waals surface area contributed by atoms with Crippen molar-refractivity contribution in [2.24, 2.45) is 0 Å². The lowest BCUT2D eigenvalue weighted by atomic mass is 10.1. The Labute approximate surface area is 184 Å². The van der Waals surface area contributed by atoms with E-state index in [1.807, 2.05) is 28.6 Å². The molecule has 0 aliphatic carbocycles. The quantitative estimate of drug-likeness (QED) is 0.572. The molecule has 168 valence electrons. The summed E-state index contributed by atoms with van der Waals surface area (Å²) < 4.78 is 1.88. The van der Waals surface area contributed by atoms with Crippen LogP contribution in [0, 0.1) is 0 Å². The van der Waals surface area contributed by atoms with Crippen LogP contribution in [-0.2, 0) is 17.9 Å². The lowest BCUT2D eigenvalue weighted by Gasteiger charge is -2.30. The molecule has 1 aromatic heterocycles. The molecule has 0 fully saturated rings. The predicted molar refractivity (Wildman–Crippen MR) is 121 cm³/mol. The molecule has 0 unspecified atom stereocenters. The van der Waals surface area contributed by atoms with E-state index in [0.29, 0.717) is 37.2 Å². The van der Waals surface area contributed by atoms with Gasteiger partial charge in [0.05, 0.1) is 13.2 Å². The highest BCUT2D eigenvalue weighted by Gasteiger charge is 2.23. The number of benzene rings is 1. The lowest BCUT2D eigenvalue weighted by molar-refractivity contribution is -0.133. The Balaban J connectivity index is 1.60. The summed E-state index contributed by atoms with van der Waals surface area (Å²) in [4.78, 5) is 35.3. The van der Waals surface area contributed by atoms with Crippen molar-refractivity contribution in [2.45, 2.75) is 46.8 Å². The van der Waals surface area contributed by atoms with Gasteiger partial charge in [-0.05, 0) is 34.7 Å². The second kappa shape index (κ2) is 10.2. The van der Waals surface area contributed by atoms with Gasteiger partial charge in [0.1, 0.15) is 5.82 Å². The normalized spacial score (nSPS) is 14.2. The van der Waals surface area contributed by atoms with E-state index < -0.39 is 0 Å². The zero-order valence-electron chi connectivity index (χ0n) is 19.3. The summed E-state index contributed by atoms with van der Waals surface area (Å²) in [6.07, 6.45) is 0.758. The molecule has 1 aromatic carbocycles. The maximum atomic E-state index is 12.8. The number of aromatic nitrogens is 3. The van der Waals surface area contributed by atoms with Crippen LogP contribution in [0.3, 0.4) is 0 Å². The Hall–Kier alpha value is -2.58. The van der Waals surface area contributed by atoms with Gasteiger partial charge in [-0.1, -0.05) is 24.3 Å². The fraction of sp³-hybridized carbons (Fsp3) is 0.565. The average Bonchev–Trinajstić information content (AvgIpc) is 3.17. The van der Waals surface area contributed by atoms with E-state index in [0.717, 1.165) is 37.4 Å². The summed E-state index contributed by atoms with van der Waals surface area (Å²) in [5.41, 5.74) is 1.57. The van der Waals surface area contributed by atoms with Crippen LogP contribution in [0.2, 0.25) is 0 Å². The third-order valence-corrected chi connectivity index (χ3v) is 5.98. The van der Waals surface area contributed by atoms with Gasteiger partial charge in [-0.15, -0.1) is 5.10 Å². The monoisotopic (exact) mass is 426 g/mol. The fourth-order valence-electron chi connectivity index (χ4n) is 3.58. The summed E-state index contributed by atoms with van der Waals surface area (Å²) in [6, 6.07) is 7.84. The molecular formula is C23H34N6O2. The van der Waals surface area contributed by atoms with Crippen LogP contribution < -0.4 is 0 Å². The first-order chi connectivity index (χ1) is 14.8. The summed E-state index contributed by atoms with van der Waals surface area (Å²) in [5.74, 6) is 1.79. The SMILES string of the molecule is CCN(CCN(C)C(C)C)C(=O)CN1CCc2nc(-c3ccc(C(C)=O)cc3)nn2C1. The number of ketones is 1. The van der Waals surface area contributed by atoms with Gasteiger partial charge < -0.3 is 9.80 Å². The number of fused-ring (bicyclic) bond motifs is 1. The lowest BCUT2D eigenvalue weighted by Crippen LogP contribution is -2.46. The molecule has 0 atom stereocenters. The van der Waals surface area contributed by atoms with Crippen LogP contribution in [0.4, 0.5) is 0 Å². The highest BCUT2D eigenvalue weighted by Crippen LogP contribution is 2.19. The molecule has 1 aliphatic rings. The molecule has 8 nitrogen and oxygen atoms in total. The number of amides is 1. The van der Waals surface area contributed by atoms with Gasteiger partial charge in [-0.3, -0.25) is 14.5 Å². The highest BCUT2D eigenvalue weighted by molar-refractivity contribution is 5.94. The molecule has 0 saturated carbocycles. The summed E-state index contributed by atoms with van der Waals surface area (Å²) in [6.45, 7) is 12.0. The van der Waals surface area contributed by atoms with Crippen molar-refractivity contribution in [3.63, 3.8) is 0 Å². The zero-order valence-corrected chi connectivity index (χ0v) is 19.3. The molecule has 0 spiro atoms. The summed E-state index contributed by atoms with van der Waals surface area (Å²) in [7, 11) is 2.09. The molecular weight excluding hydrogens is 392 g/mol. The number of hydrogen-bond donors (Lipinski definition) is 0. The molecule has 0 radical (unpaired) electrons. The van der Waals surface area contributed by atoms with Crippen LogP contribution in [-0.4, -0.2) is 87.0 Å². The highest BCUT2D eigenvalue weighted by atomic mass is 16.2. The van der Waals surface area contributed by atoms with Gasteiger partial charge in [-0.25, -0.2) is 9.67 Å². The molecule has 3 rings (SSSR count).